The van der Waals surface area contributed by atoms with Crippen LogP contribution in [0.15, 0.2) is 0 Å². The van der Waals surface area contributed by atoms with Crippen molar-refractivity contribution in [2.45, 2.75) is 39.5 Å². The summed E-state index contributed by atoms with van der Waals surface area (Å²) in [6, 6.07) is 0. The molecule has 0 aliphatic carbocycles. The summed E-state index contributed by atoms with van der Waals surface area (Å²) in [5.74, 6) is 0.0544. The molecule has 0 saturated heterocycles. The van der Waals surface area contributed by atoms with Crippen molar-refractivity contribution in [3.63, 3.8) is 0 Å². The first-order valence-electron chi connectivity index (χ1n) is 5.71. The van der Waals surface area contributed by atoms with Gasteiger partial charge in [0, 0.05) is 20.6 Å². The van der Waals surface area contributed by atoms with Crippen molar-refractivity contribution in [3.8, 4) is 0 Å². The van der Waals surface area contributed by atoms with Crippen LogP contribution in [0.3, 0.4) is 0 Å². The van der Waals surface area contributed by atoms with Crippen LogP contribution in [0.4, 0.5) is 0 Å². The number of carbonyl (C=O) groups is 1. The Morgan fingerprint density at radius 3 is 2.00 bits per heavy atom. The molecular formula is C11H25N3O. The molecule has 3 N–H and O–H groups in total. The number of carbonyl (C=O) groups excluding carboxylic acids is 1. The molecule has 4 nitrogen and oxygen atoms in total. The van der Waals surface area contributed by atoms with E-state index in [4.69, 9.17) is 5.73 Å². The van der Waals surface area contributed by atoms with Crippen LogP contribution in [0, 0.1) is 5.41 Å². The summed E-state index contributed by atoms with van der Waals surface area (Å²) in [6.45, 7) is 4.60. The predicted molar refractivity (Wildman–Crippen MR) is 63.1 cm³/mol. The van der Waals surface area contributed by atoms with Crippen LogP contribution in [0.2, 0.25) is 0 Å². The molecule has 4 heteroatoms. The minimum atomic E-state index is -0.381. The fraction of sp³-hybridized carbons (Fsp3) is 0.909. The first-order chi connectivity index (χ1) is 7.02. The maximum absolute atomic E-state index is 12.1. The summed E-state index contributed by atoms with van der Waals surface area (Å²) in [5, 5.41) is 1.68. The molecular weight excluding hydrogens is 190 g/mol. The number of nitrogens with two attached hydrogens (primary N) is 1. The summed E-state index contributed by atoms with van der Waals surface area (Å²) in [4.78, 5) is 12.1. The van der Waals surface area contributed by atoms with Gasteiger partial charge >= 0.3 is 0 Å². The van der Waals surface area contributed by atoms with Gasteiger partial charge in [-0.25, -0.2) is 5.01 Å². The van der Waals surface area contributed by atoms with E-state index in [1.165, 1.54) is 0 Å². The molecule has 0 aromatic heterocycles. The Morgan fingerprint density at radius 1 is 1.27 bits per heavy atom. The smallest absolute Gasteiger partial charge is 0.241 e. The summed E-state index contributed by atoms with van der Waals surface area (Å²) in [7, 11) is 3.63. The molecule has 0 rings (SSSR count). The van der Waals surface area contributed by atoms with Gasteiger partial charge in [-0.05, 0) is 12.8 Å². The molecule has 90 valence electrons. The van der Waals surface area contributed by atoms with Crippen molar-refractivity contribution < 1.29 is 4.79 Å². The summed E-state index contributed by atoms with van der Waals surface area (Å²) < 4.78 is 0. The van der Waals surface area contributed by atoms with Gasteiger partial charge in [0.1, 0.15) is 0 Å². The third-order valence-corrected chi connectivity index (χ3v) is 2.65. The van der Waals surface area contributed by atoms with Crippen molar-refractivity contribution in [1.82, 2.24) is 10.4 Å². The van der Waals surface area contributed by atoms with Gasteiger partial charge in [-0.3, -0.25) is 10.2 Å². The van der Waals surface area contributed by atoms with Crippen molar-refractivity contribution in [2.75, 3.05) is 20.6 Å². The van der Waals surface area contributed by atoms with E-state index in [2.05, 4.69) is 19.3 Å². The molecule has 0 bridgehead atoms. The van der Waals surface area contributed by atoms with E-state index < -0.39 is 0 Å². The fourth-order valence-corrected chi connectivity index (χ4v) is 1.93. The zero-order valence-electron chi connectivity index (χ0n) is 10.5. The molecule has 0 aromatic rings. The third kappa shape index (κ3) is 4.18. The Balaban J connectivity index is 4.63. The molecule has 0 radical (unpaired) electrons. The van der Waals surface area contributed by atoms with Crippen LogP contribution >= 0.6 is 0 Å². The van der Waals surface area contributed by atoms with Gasteiger partial charge in [0.05, 0.1) is 5.41 Å². The molecule has 1 amide bonds. The minimum absolute atomic E-state index is 0.0544. The second kappa shape index (κ2) is 6.80. The second-order valence-electron chi connectivity index (χ2n) is 4.32. The maximum Gasteiger partial charge on any atom is 0.241 e. The van der Waals surface area contributed by atoms with Crippen LogP contribution in [-0.4, -0.2) is 31.6 Å². The SMILES string of the molecule is CCCC(CN)(CCC)C(=O)NN(C)C. The molecule has 0 atom stereocenters. The third-order valence-electron chi connectivity index (χ3n) is 2.65. The van der Waals surface area contributed by atoms with Gasteiger partial charge in [-0.15, -0.1) is 0 Å². The van der Waals surface area contributed by atoms with E-state index in [9.17, 15) is 4.79 Å². The molecule has 0 fully saturated rings. The molecule has 0 spiro atoms. The molecule has 0 saturated carbocycles. The lowest BCUT2D eigenvalue weighted by Gasteiger charge is -2.31. The quantitative estimate of drug-likeness (QED) is 0.626. The lowest BCUT2D eigenvalue weighted by molar-refractivity contribution is -0.135. The highest BCUT2D eigenvalue weighted by atomic mass is 16.2. The van der Waals surface area contributed by atoms with Crippen molar-refractivity contribution in [3.05, 3.63) is 0 Å². The van der Waals surface area contributed by atoms with Crippen molar-refractivity contribution >= 4 is 5.91 Å². The van der Waals surface area contributed by atoms with Crippen molar-refractivity contribution in [2.24, 2.45) is 11.1 Å². The van der Waals surface area contributed by atoms with E-state index in [1.54, 1.807) is 5.01 Å². The zero-order valence-corrected chi connectivity index (χ0v) is 10.5. The van der Waals surface area contributed by atoms with Gasteiger partial charge in [0.15, 0.2) is 0 Å². The van der Waals surface area contributed by atoms with E-state index in [1.807, 2.05) is 14.1 Å². The monoisotopic (exact) mass is 215 g/mol. The lowest BCUT2D eigenvalue weighted by atomic mass is 9.78. The number of hydrazine groups is 1. The molecule has 15 heavy (non-hydrogen) atoms. The number of hydrogen-bond acceptors (Lipinski definition) is 3. The Kier molecular flexibility index (Phi) is 6.52. The Morgan fingerprint density at radius 2 is 1.73 bits per heavy atom. The number of nitrogens with one attached hydrogen (secondary N) is 1. The molecule has 0 heterocycles. The first kappa shape index (κ1) is 14.4. The van der Waals surface area contributed by atoms with Gasteiger partial charge in [-0.1, -0.05) is 26.7 Å². The zero-order chi connectivity index (χ0) is 11.9. The Hall–Kier alpha value is -0.610. The largest absolute Gasteiger partial charge is 0.329 e. The van der Waals surface area contributed by atoms with Crippen LogP contribution in [0.5, 0.6) is 0 Å². The molecule has 0 aliphatic rings. The standard InChI is InChI=1S/C11H25N3O/c1-5-7-11(9-12,8-6-2)10(15)13-14(3)4/h5-9,12H2,1-4H3,(H,13,15). The maximum atomic E-state index is 12.1. The normalized spacial score (nSPS) is 11.9. The Bertz CT molecular complexity index is 186. The number of rotatable bonds is 7. The fourth-order valence-electron chi connectivity index (χ4n) is 1.93. The van der Waals surface area contributed by atoms with E-state index >= 15 is 0 Å². The van der Waals surface area contributed by atoms with E-state index in [-0.39, 0.29) is 11.3 Å². The second-order valence-corrected chi connectivity index (χ2v) is 4.32. The lowest BCUT2D eigenvalue weighted by Crippen LogP contribution is -2.50. The first-order valence-corrected chi connectivity index (χ1v) is 5.71. The van der Waals surface area contributed by atoms with Gasteiger partial charge in [-0.2, -0.15) is 0 Å². The van der Waals surface area contributed by atoms with Gasteiger partial charge in [0.25, 0.3) is 0 Å². The minimum Gasteiger partial charge on any atom is -0.329 e. The summed E-state index contributed by atoms with van der Waals surface area (Å²) in [5.41, 5.74) is 8.21. The highest BCUT2D eigenvalue weighted by Gasteiger charge is 2.35. The number of hydrogen-bond donors (Lipinski definition) is 2. The van der Waals surface area contributed by atoms with E-state index in [0.717, 1.165) is 25.7 Å². The highest BCUT2D eigenvalue weighted by molar-refractivity contribution is 5.82. The van der Waals surface area contributed by atoms with E-state index in [0.29, 0.717) is 6.54 Å². The number of nitrogens with zero attached hydrogens (tertiary/aromatic N) is 1. The average molecular weight is 215 g/mol. The molecule has 0 aromatic carbocycles. The highest BCUT2D eigenvalue weighted by Crippen LogP contribution is 2.28. The van der Waals surface area contributed by atoms with Crippen LogP contribution in [0.1, 0.15) is 39.5 Å². The molecule has 0 unspecified atom stereocenters. The van der Waals surface area contributed by atoms with Gasteiger partial charge in [0.2, 0.25) is 5.91 Å². The molecule has 0 aliphatic heterocycles. The average Bonchev–Trinajstić information content (AvgIpc) is 2.16. The number of amides is 1. The van der Waals surface area contributed by atoms with Crippen LogP contribution in [0.25, 0.3) is 0 Å². The van der Waals surface area contributed by atoms with Crippen molar-refractivity contribution in [1.29, 1.82) is 0 Å². The Labute approximate surface area is 93.2 Å². The predicted octanol–water partition coefficient (Wildman–Crippen LogP) is 1.12. The van der Waals surface area contributed by atoms with Crippen LogP contribution < -0.4 is 11.2 Å². The topological polar surface area (TPSA) is 58.4 Å². The van der Waals surface area contributed by atoms with Crippen LogP contribution in [-0.2, 0) is 4.79 Å². The summed E-state index contributed by atoms with van der Waals surface area (Å²) in [6.07, 6.45) is 3.68. The summed E-state index contributed by atoms with van der Waals surface area (Å²) >= 11 is 0. The van der Waals surface area contributed by atoms with Gasteiger partial charge < -0.3 is 5.73 Å².